The summed E-state index contributed by atoms with van der Waals surface area (Å²) in [7, 11) is 0. The van der Waals surface area contributed by atoms with Crippen molar-refractivity contribution < 1.29 is 13.6 Å². The van der Waals surface area contributed by atoms with Crippen molar-refractivity contribution in [2.24, 2.45) is 0 Å². The lowest BCUT2D eigenvalue weighted by Crippen LogP contribution is -2.39. The third-order valence-electron chi connectivity index (χ3n) is 4.70. The van der Waals surface area contributed by atoms with Gasteiger partial charge < -0.3 is 9.32 Å². The highest BCUT2D eigenvalue weighted by molar-refractivity contribution is 5.92. The van der Waals surface area contributed by atoms with Gasteiger partial charge in [-0.1, -0.05) is 12.1 Å². The van der Waals surface area contributed by atoms with Crippen molar-refractivity contribution in [3.05, 3.63) is 77.5 Å². The standard InChI is InChI=1S/C20H19FN4O2/c21-15-8-6-14(7-9-15)12-16-13-22-19(27-16)18-5-1-2-11-25(18)20(26)17-4-3-10-23-24-17/h3-4,6-10,13,18H,1-2,5,11-12H2. The highest BCUT2D eigenvalue weighted by Gasteiger charge is 2.32. The van der Waals surface area contributed by atoms with Crippen LogP contribution >= 0.6 is 0 Å². The number of benzene rings is 1. The summed E-state index contributed by atoms with van der Waals surface area (Å²) in [6.45, 7) is 0.635. The monoisotopic (exact) mass is 366 g/mol. The van der Waals surface area contributed by atoms with Gasteiger partial charge in [0.2, 0.25) is 5.89 Å². The average molecular weight is 366 g/mol. The minimum Gasteiger partial charge on any atom is -0.443 e. The molecule has 1 fully saturated rings. The number of oxazole rings is 1. The second kappa shape index (κ2) is 7.65. The third kappa shape index (κ3) is 3.86. The van der Waals surface area contributed by atoms with Gasteiger partial charge in [0.15, 0.2) is 5.69 Å². The van der Waals surface area contributed by atoms with Gasteiger partial charge in [-0.05, 0) is 49.1 Å². The largest absolute Gasteiger partial charge is 0.443 e. The maximum atomic E-state index is 13.0. The summed E-state index contributed by atoms with van der Waals surface area (Å²) in [4.78, 5) is 19.0. The van der Waals surface area contributed by atoms with Crippen LogP contribution in [0.15, 0.2) is 53.2 Å². The van der Waals surface area contributed by atoms with Gasteiger partial charge in [0.25, 0.3) is 5.91 Å². The van der Waals surface area contributed by atoms with Gasteiger partial charge in [-0.2, -0.15) is 5.10 Å². The third-order valence-corrected chi connectivity index (χ3v) is 4.70. The van der Waals surface area contributed by atoms with Crippen LogP contribution in [0.1, 0.15) is 53.0 Å². The Morgan fingerprint density at radius 2 is 2.07 bits per heavy atom. The Hall–Kier alpha value is -3.09. The van der Waals surface area contributed by atoms with Gasteiger partial charge in [0.1, 0.15) is 17.6 Å². The van der Waals surface area contributed by atoms with Gasteiger partial charge in [-0.25, -0.2) is 9.37 Å². The maximum Gasteiger partial charge on any atom is 0.275 e. The molecule has 138 valence electrons. The molecule has 1 saturated heterocycles. The molecule has 1 aliphatic heterocycles. The number of aromatic nitrogens is 3. The molecule has 0 saturated carbocycles. The normalized spacial score (nSPS) is 17.1. The predicted molar refractivity (Wildman–Crippen MR) is 95.4 cm³/mol. The molecule has 2 aromatic heterocycles. The minimum absolute atomic E-state index is 0.161. The second-order valence-corrected chi connectivity index (χ2v) is 6.59. The predicted octanol–water partition coefficient (Wildman–Crippen LogP) is 3.56. The molecule has 3 heterocycles. The van der Waals surface area contributed by atoms with Gasteiger partial charge in [-0.15, -0.1) is 5.10 Å². The molecule has 1 amide bonds. The zero-order valence-electron chi connectivity index (χ0n) is 14.7. The van der Waals surface area contributed by atoms with Crippen molar-refractivity contribution in [2.45, 2.75) is 31.7 Å². The van der Waals surface area contributed by atoms with Crippen LogP contribution in [0.5, 0.6) is 0 Å². The molecule has 1 aromatic carbocycles. The van der Waals surface area contributed by atoms with E-state index in [0.717, 1.165) is 24.8 Å². The Morgan fingerprint density at radius 3 is 2.85 bits per heavy atom. The molecule has 4 rings (SSSR count). The molecule has 0 spiro atoms. The lowest BCUT2D eigenvalue weighted by molar-refractivity contribution is 0.0562. The molecule has 0 aliphatic carbocycles. The SMILES string of the molecule is O=C(c1cccnn1)N1CCCCC1c1ncc(Cc2ccc(F)cc2)o1. The van der Waals surface area contributed by atoms with E-state index in [9.17, 15) is 9.18 Å². The topological polar surface area (TPSA) is 72.1 Å². The first kappa shape index (κ1) is 17.3. The number of carbonyl (C=O) groups excluding carboxylic acids is 1. The highest BCUT2D eigenvalue weighted by atomic mass is 19.1. The van der Waals surface area contributed by atoms with Gasteiger partial charge >= 0.3 is 0 Å². The number of rotatable bonds is 4. The summed E-state index contributed by atoms with van der Waals surface area (Å²) in [5, 5.41) is 7.72. The number of amides is 1. The minimum atomic E-state index is -0.266. The number of hydrogen-bond donors (Lipinski definition) is 0. The van der Waals surface area contributed by atoms with Crippen LogP contribution in [0.3, 0.4) is 0 Å². The first-order valence-electron chi connectivity index (χ1n) is 8.98. The van der Waals surface area contributed by atoms with E-state index < -0.39 is 0 Å². The molecule has 0 N–H and O–H groups in total. The molecule has 1 unspecified atom stereocenters. The molecule has 27 heavy (non-hydrogen) atoms. The van der Waals surface area contributed by atoms with Crippen LogP contribution in [0.2, 0.25) is 0 Å². The summed E-state index contributed by atoms with van der Waals surface area (Å²) in [6, 6.07) is 9.45. The van der Waals surface area contributed by atoms with E-state index in [4.69, 9.17) is 4.42 Å². The van der Waals surface area contributed by atoms with Gasteiger partial charge in [0.05, 0.1) is 6.20 Å². The van der Waals surface area contributed by atoms with Crippen LogP contribution in [0.25, 0.3) is 0 Å². The number of likely N-dealkylation sites (tertiary alicyclic amines) is 1. The lowest BCUT2D eigenvalue weighted by atomic mass is 10.0. The number of piperidine rings is 1. The fourth-order valence-corrected chi connectivity index (χ4v) is 3.36. The van der Waals surface area contributed by atoms with Crippen molar-refractivity contribution in [1.29, 1.82) is 0 Å². The van der Waals surface area contributed by atoms with E-state index in [1.807, 2.05) is 0 Å². The zero-order chi connectivity index (χ0) is 18.6. The summed E-state index contributed by atoms with van der Waals surface area (Å²) < 4.78 is 19.0. The summed E-state index contributed by atoms with van der Waals surface area (Å²) in [5.41, 5.74) is 1.26. The maximum absolute atomic E-state index is 13.0. The Balaban J connectivity index is 1.53. The second-order valence-electron chi connectivity index (χ2n) is 6.59. The van der Waals surface area contributed by atoms with E-state index in [0.29, 0.717) is 30.3 Å². The number of nitrogens with zero attached hydrogens (tertiary/aromatic N) is 4. The molecule has 0 radical (unpaired) electrons. The van der Waals surface area contributed by atoms with E-state index in [-0.39, 0.29) is 17.8 Å². The van der Waals surface area contributed by atoms with E-state index in [1.54, 1.807) is 41.6 Å². The summed E-state index contributed by atoms with van der Waals surface area (Å²) in [6.07, 6.45) is 6.48. The molecule has 0 bridgehead atoms. The van der Waals surface area contributed by atoms with Crippen LogP contribution in [0.4, 0.5) is 4.39 Å². The van der Waals surface area contributed by atoms with Crippen molar-refractivity contribution >= 4 is 5.91 Å². The number of hydrogen-bond acceptors (Lipinski definition) is 5. The van der Waals surface area contributed by atoms with Gasteiger partial charge in [-0.3, -0.25) is 4.79 Å². The Bertz CT molecular complexity index is 911. The van der Waals surface area contributed by atoms with Crippen molar-refractivity contribution in [2.75, 3.05) is 6.54 Å². The molecular formula is C20H19FN4O2. The molecular weight excluding hydrogens is 347 g/mol. The van der Waals surface area contributed by atoms with E-state index in [1.165, 1.54) is 12.1 Å². The van der Waals surface area contributed by atoms with Crippen LogP contribution in [-0.2, 0) is 6.42 Å². The smallest absolute Gasteiger partial charge is 0.275 e. The molecule has 7 heteroatoms. The fourth-order valence-electron chi connectivity index (χ4n) is 3.36. The molecule has 3 aromatic rings. The van der Waals surface area contributed by atoms with E-state index in [2.05, 4.69) is 15.2 Å². The Labute approximate surface area is 156 Å². The molecule has 6 nitrogen and oxygen atoms in total. The summed E-state index contributed by atoms with van der Waals surface area (Å²) >= 11 is 0. The van der Waals surface area contributed by atoms with Gasteiger partial charge in [0, 0.05) is 19.2 Å². The Kier molecular flexibility index (Phi) is 4.91. The fraction of sp³-hybridized carbons (Fsp3) is 0.300. The Morgan fingerprint density at radius 1 is 1.22 bits per heavy atom. The van der Waals surface area contributed by atoms with Crippen LogP contribution in [0, 0.1) is 5.82 Å². The molecule has 1 atom stereocenters. The van der Waals surface area contributed by atoms with Crippen molar-refractivity contribution in [3.63, 3.8) is 0 Å². The zero-order valence-corrected chi connectivity index (χ0v) is 14.7. The quantitative estimate of drug-likeness (QED) is 0.706. The van der Waals surface area contributed by atoms with E-state index >= 15 is 0 Å². The number of carbonyl (C=O) groups is 1. The van der Waals surface area contributed by atoms with Crippen molar-refractivity contribution in [1.82, 2.24) is 20.1 Å². The summed E-state index contributed by atoms with van der Waals surface area (Å²) in [5.74, 6) is 0.793. The average Bonchev–Trinajstić information content (AvgIpc) is 3.18. The number of halogens is 1. The lowest BCUT2D eigenvalue weighted by Gasteiger charge is -2.33. The first-order chi connectivity index (χ1) is 13.2. The highest BCUT2D eigenvalue weighted by Crippen LogP contribution is 2.32. The van der Waals surface area contributed by atoms with Crippen molar-refractivity contribution in [3.8, 4) is 0 Å². The molecule has 1 aliphatic rings. The van der Waals surface area contributed by atoms with Crippen LogP contribution in [-0.4, -0.2) is 32.5 Å². The van der Waals surface area contributed by atoms with Crippen LogP contribution < -0.4 is 0 Å². The first-order valence-corrected chi connectivity index (χ1v) is 8.98.